The van der Waals surface area contributed by atoms with Crippen molar-refractivity contribution in [1.82, 2.24) is 9.97 Å². The summed E-state index contributed by atoms with van der Waals surface area (Å²) in [7, 11) is 2.12. The Labute approximate surface area is 112 Å². The molecule has 0 N–H and O–H groups in total. The van der Waals surface area contributed by atoms with Gasteiger partial charge in [0, 0.05) is 25.1 Å². The van der Waals surface area contributed by atoms with Gasteiger partial charge in [-0.25, -0.2) is 9.97 Å². The van der Waals surface area contributed by atoms with Crippen LogP contribution in [0.2, 0.25) is 0 Å². The van der Waals surface area contributed by atoms with Crippen molar-refractivity contribution in [3.8, 4) is 0 Å². The monoisotopic (exact) mass is 297 g/mol. The summed E-state index contributed by atoms with van der Waals surface area (Å²) in [5.74, 6) is 2.64. The maximum atomic E-state index is 4.68. The average Bonchev–Trinajstić information content (AvgIpc) is 3.11. The van der Waals surface area contributed by atoms with Gasteiger partial charge in [-0.3, -0.25) is 0 Å². The van der Waals surface area contributed by atoms with E-state index in [0.29, 0.717) is 12.0 Å². The Morgan fingerprint density at radius 2 is 2.18 bits per heavy atom. The van der Waals surface area contributed by atoms with Crippen LogP contribution in [-0.4, -0.2) is 23.1 Å². The van der Waals surface area contributed by atoms with Crippen LogP contribution < -0.4 is 4.90 Å². The lowest BCUT2D eigenvalue weighted by Gasteiger charge is -2.26. The summed E-state index contributed by atoms with van der Waals surface area (Å²) in [6.45, 7) is 4.46. The van der Waals surface area contributed by atoms with Crippen molar-refractivity contribution in [1.29, 1.82) is 0 Å². The van der Waals surface area contributed by atoms with E-state index in [9.17, 15) is 0 Å². The van der Waals surface area contributed by atoms with Gasteiger partial charge in [0.25, 0.3) is 0 Å². The normalized spacial score (nSPS) is 16.9. The molecule has 1 aliphatic carbocycles. The highest BCUT2D eigenvalue weighted by atomic mass is 79.9. The predicted molar refractivity (Wildman–Crippen MR) is 74.5 cm³/mol. The first-order valence-corrected chi connectivity index (χ1v) is 7.18. The molecule has 1 saturated carbocycles. The molecule has 1 fully saturated rings. The Morgan fingerprint density at radius 3 is 2.76 bits per heavy atom. The van der Waals surface area contributed by atoms with E-state index >= 15 is 0 Å². The lowest BCUT2D eigenvalue weighted by atomic mass is 10.2. The molecule has 1 atom stereocenters. The number of halogens is 1. The van der Waals surface area contributed by atoms with Gasteiger partial charge in [-0.05, 0) is 42.1 Å². The molecule has 0 amide bonds. The van der Waals surface area contributed by atoms with Gasteiger partial charge in [-0.2, -0.15) is 0 Å². The molecule has 2 rings (SSSR count). The van der Waals surface area contributed by atoms with Crippen molar-refractivity contribution in [3.63, 3.8) is 0 Å². The lowest BCUT2D eigenvalue weighted by molar-refractivity contribution is 0.609. The summed E-state index contributed by atoms with van der Waals surface area (Å²) in [5, 5.41) is 0. The number of nitrogens with zero attached hydrogens (tertiary/aromatic N) is 3. The second-order valence-corrected chi connectivity index (χ2v) is 5.74. The maximum absolute atomic E-state index is 4.68. The fourth-order valence-electron chi connectivity index (χ4n) is 1.96. The highest BCUT2D eigenvalue weighted by Gasteiger charge is 2.27. The van der Waals surface area contributed by atoms with Gasteiger partial charge in [0.2, 0.25) is 0 Å². The van der Waals surface area contributed by atoms with Gasteiger partial charge < -0.3 is 4.90 Å². The third-order valence-electron chi connectivity index (χ3n) is 3.37. The average molecular weight is 298 g/mol. The van der Waals surface area contributed by atoms with E-state index in [2.05, 4.69) is 51.7 Å². The number of anilines is 1. The molecule has 0 aromatic carbocycles. The van der Waals surface area contributed by atoms with Crippen molar-refractivity contribution in [3.05, 3.63) is 16.5 Å². The first kappa shape index (κ1) is 12.8. The Balaban J connectivity index is 2.18. The van der Waals surface area contributed by atoms with Gasteiger partial charge in [0.05, 0.1) is 0 Å². The molecule has 17 heavy (non-hydrogen) atoms. The number of hydrogen-bond acceptors (Lipinski definition) is 3. The van der Waals surface area contributed by atoms with Crippen molar-refractivity contribution in [2.45, 2.75) is 51.5 Å². The van der Waals surface area contributed by atoms with E-state index < -0.39 is 0 Å². The molecule has 1 aromatic rings. The maximum Gasteiger partial charge on any atom is 0.135 e. The SMILES string of the molecule is CCCC(C)N(C)c1cc(Br)nc(C2CC2)n1. The quantitative estimate of drug-likeness (QED) is 0.775. The van der Waals surface area contributed by atoms with Crippen LogP contribution in [0.1, 0.15) is 51.3 Å². The van der Waals surface area contributed by atoms with Crippen molar-refractivity contribution in [2.75, 3.05) is 11.9 Å². The molecule has 3 nitrogen and oxygen atoms in total. The van der Waals surface area contributed by atoms with Crippen LogP contribution in [-0.2, 0) is 0 Å². The zero-order valence-corrected chi connectivity index (χ0v) is 12.4. The van der Waals surface area contributed by atoms with E-state index in [1.165, 1.54) is 25.7 Å². The smallest absolute Gasteiger partial charge is 0.135 e. The molecule has 1 aliphatic rings. The molecule has 0 radical (unpaired) electrons. The Bertz CT molecular complexity index is 390. The van der Waals surface area contributed by atoms with E-state index in [0.717, 1.165) is 16.2 Å². The summed E-state index contributed by atoms with van der Waals surface area (Å²) in [6, 6.07) is 2.53. The Kier molecular flexibility index (Phi) is 4.02. The fourth-order valence-corrected chi connectivity index (χ4v) is 2.35. The molecule has 4 heteroatoms. The van der Waals surface area contributed by atoms with Crippen molar-refractivity contribution in [2.24, 2.45) is 0 Å². The third-order valence-corrected chi connectivity index (χ3v) is 3.78. The Hall–Kier alpha value is -0.640. The molecular weight excluding hydrogens is 278 g/mol. The van der Waals surface area contributed by atoms with Crippen LogP contribution in [0.5, 0.6) is 0 Å². The second kappa shape index (κ2) is 5.34. The number of hydrogen-bond donors (Lipinski definition) is 0. The lowest BCUT2D eigenvalue weighted by Crippen LogP contribution is -2.29. The zero-order valence-electron chi connectivity index (χ0n) is 10.8. The first-order chi connectivity index (χ1) is 8.11. The van der Waals surface area contributed by atoms with Crippen LogP contribution in [0, 0.1) is 0 Å². The van der Waals surface area contributed by atoms with Crippen LogP contribution >= 0.6 is 15.9 Å². The van der Waals surface area contributed by atoms with E-state index in [4.69, 9.17) is 0 Å². The van der Waals surface area contributed by atoms with Gasteiger partial charge in [0.15, 0.2) is 0 Å². The molecule has 94 valence electrons. The van der Waals surface area contributed by atoms with E-state index in [1.807, 2.05) is 6.07 Å². The predicted octanol–water partition coefficient (Wildman–Crippen LogP) is 3.74. The van der Waals surface area contributed by atoms with E-state index in [1.54, 1.807) is 0 Å². The van der Waals surface area contributed by atoms with Gasteiger partial charge in [0.1, 0.15) is 16.2 Å². The minimum Gasteiger partial charge on any atom is -0.357 e. The molecule has 1 unspecified atom stereocenters. The molecule has 0 bridgehead atoms. The highest BCUT2D eigenvalue weighted by Crippen LogP contribution is 2.39. The standard InChI is InChI=1S/C13H20BrN3/c1-4-5-9(2)17(3)12-8-11(14)15-13(16-12)10-6-7-10/h8-10H,4-7H2,1-3H3. The molecule has 0 saturated heterocycles. The van der Waals surface area contributed by atoms with Crippen LogP contribution in [0.3, 0.4) is 0 Å². The summed E-state index contributed by atoms with van der Waals surface area (Å²) in [5.41, 5.74) is 0. The second-order valence-electron chi connectivity index (χ2n) is 4.93. The van der Waals surface area contributed by atoms with Crippen molar-refractivity contribution < 1.29 is 0 Å². The van der Waals surface area contributed by atoms with Gasteiger partial charge in [-0.15, -0.1) is 0 Å². The number of rotatable bonds is 5. The summed E-state index contributed by atoms with van der Waals surface area (Å²) in [6.07, 6.45) is 4.87. The first-order valence-electron chi connectivity index (χ1n) is 6.39. The minimum absolute atomic E-state index is 0.522. The molecule has 0 aliphatic heterocycles. The third kappa shape index (κ3) is 3.18. The largest absolute Gasteiger partial charge is 0.357 e. The zero-order chi connectivity index (χ0) is 12.4. The minimum atomic E-state index is 0.522. The Morgan fingerprint density at radius 1 is 1.47 bits per heavy atom. The fraction of sp³-hybridized carbons (Fsp3) is 0.692. The van der Waals surface area contributed by atoms with Crippen molar-refractivity contribution >= 4 is 21.7 Å². The molecular formula is C13H20BrN3. The summed E-state index contributed by atoms with van der Waals surface area (Å²) in [4.78, 5) is 11.4. The molecule has 0 spiro atoms. The van der Waals surface area contributed by atoms with E-state index in [-0.39, 0.29) is 0 Å². The highest BCUT2D eigenvalue weighted by molar-refractivity contribution is 9.10. The van der Waals surface area contributed by atoms with Crippen LogP contribution in [0.25, 0.3) is 0 Å². The number of aromatic nitrogens is 2. The summed E-state index contributed by atoms with van der Waals surface area (Å²) >= 11 is 3.49. The van der Waals surface area contributed by atoms with Crippen LogP contribution in [0.15, 0.2) is 10.7 Å². The molecule has 1 aromatic heterocycles. The van der Waals surface area contributed by atoms with Gasteiger partial charge in [-0.1, -0.05) is 13.3 Å². The topological polar surface area (TPSA) is 29.0 Å². The summed E-state index contributed by atoms with van der Waals surface area (Å²) < 4.78 is 0.903. The van der Waals surface area contributed by atoms with Gasteiger partial charge >= 0.3 is 0 Å². The molecule has 1 heterocycles. The van der Waals surface area contributed by atoms with Crippen LogP contribution in [0.4, 0.5) is 5.82 Å².